The molecule has 1 saturated heterocycles. The van der Waals surface area contributed by atoms with E-state index in [0.717, 1.165) is 47.2 Å². The van der Waals surface area contributed by atoms with Crippen molar-refractivity contribution in [2.24, 2.45) is 5.92 Å². The third kappa shape index (κ3) is 4.36. The number of halogens is 1. The average Bonchev–Trinajstić information content (AvgIpc) is 3.09. The first kappa shape index (κ1) is 18.9. The molecule has 0 aliphatic carbocycles. The quantitative estimate of drug-likeness (QED) is 0.598. The SMILES string of the molecule is Cc1cc(OCCCC2CCN(C)CC2)ccc1-c1nc2ccc(F)cc2[nH]1. The summed E-state index contributed by atoms with van der Waals surface area (Å²) in [4.78, 5) is 10.2. The number of imidazole rings is 1. The minimum atomic E-state index is -0.261. The van der Waals surface area contributed by atoms with E-state index >= 15 is 0 Å². The van der Waals surface area contributed by atoms with Crippen LogP contribution in [0.25, 0.3) is 22.4 Å². The third-order valence-corrected chi connectivity index (χ3v) is 5.76. The topological polar surface area (TPSA) is 41.1 Å². The third-order valence-electron chi connectivity index (χ3n) is 5.76. The molecule has 1 aliphatic heterocycles. The van der Waals surface area contributed by atoms with Gasteiger partial charge in [-0.05, 0) is 101 Å². The molecular formula is C23H28FN3O. The van der Waals surface area contributed by atoms with Crippen molar-refractivity contribution < 1.29 is 9.13 Å². The van der Waals surface area contributed by atoms with Gasteiger partial charge in [0, 0.05) is 5.56 Å². The van der Waals surface area contributed by atoms with Crippen molar-refractivity contribution >= 4 is 11.0 Å². The highest BCUT2D eigenvalue weighted by Gasteiger charge is 2.16. The molecule has 148 valence electrons. The van der Waals surface area contributed by atoms with Crippen LogP contribution in [-0.4, -0.2) is 41.6 Å². The molecule has 1 aliphatic rings. The number of hydrogen-bond donors (Lipinski definition) is 1. The summed E-state index contributed by atoms with van der Waals surface area (Å²) in [5.41, 5.74) is 3.58. The van der Waals surface area contributed by atoms with Crippen LogP contribution in [0.1, 0.15) is 31.2 Å². The second-order valence-corrected chi connectivity index (χ2v) is 7.96. The Bertz CT molecular complexity index is 944. The number of nitrogens with zero attached hydrogens (tertiary/aromatic N) is 2. The highest BCUT2D eigenvalue weighted by Crippen LogP contribution is 2.27. The summed E-state index contributed by atoms with van der Waals surface area (Å²) in [7, 11) is 2.20. The number of H-pyrrole nitrogens is 1. The smallest absolute Gasteiger partial charge is 0.138 e. The normalized spacial score (nSPS) is 16.0. The van der Waals surface area contributed by atoms with Gasteiger partial charge in [0.05, 0.1) is 17.6 Å². The van der Waals surface area contributed by atoms with Crippen LogP contribution in [0.3, 0.4) is 0 Å². The first-order chi connectivity index (χ1) is 13.6. The van der Waals surface area contributed by atoms with E-state index in [2.05, 4.69) is 34.9 Å². The lowest BCUT2D eigenvalue weighted by Gasteiger charge is -2.28. The molecule has 28 heavy (non-hydrogen) atoms. The fourth-order valence-electron chi connectivity index (χ4n) is 4.01. The minimum absolute atomic E-state index is 0.261. The lowest BCUT2D eigenvalue weighted by Crippen LogP contribution is -2.30. The Labute approximate surface area is 165 Å². The van der Waals surface area contributed by atoms with E-state index in [4.69, 9.17) is 4.74 Å². The molecule has 1 fully saturated rings. The summed E-state index contributed by atoms with van der Waals surface area (Å²) in [6, 6.07) is 10.7. The Morgan fingerprint density at radius 3 is 2.79 bits per heavy atom. The summed E-state index contributed by atoms with van der Waals surface area (Å²) in [5.74, 6) is 2.24. The predicted molar refractivity (Wildman–Crippen MR) is 111 cm³/mol. The average molecular weight is 381 g/mol. The van der Waals surface area contributed by atoms with E-state index in [1.807, 2.05) is 12.1 Å². The van der Waals surface area contributed by atoms with Crippen LogP contribution in [-0.2, 0) is 0 Å². The van der Waals surface area contributed by atoms with Gasteiger partial charge in [-0.15, -0.1) is 0 Å². The van der Waals surface area contributed by atoms with Crippen LogP contribution in [0.15, 0.2) is 36.4 Å². The molecule has 3 aromatic rings. The van der Waals surface area contributed by atoms with Crippen molar-refractivity contribution in [3.05, 3.63) is 47.8 Å². The van der Waals surface area contributed by atoms with Crippen LogP contribution in [0, 0.1) is 18.7 Å². The summed E-state index contributed by atoms with van der Waals surface area (Å²) in [5, 5.41) is 0. The van der Waals surface area contributed by atoms with Crippen molar-refractivity contribution in [3.8, 4) is 17.1 Å². The number of aromatic amines is 1. The molecular weight excluding hydrogens is 353 g/mol. The fourth-order valence-corrected chi connectivity index (χ4v) is 4.01. The molecule has 0 bridgehead atoms. The molecule has 4 nitrogen and oxygen atoms in total. The summed E-state index contributed by atoms with van der Waals surface area (Å²) in [6.45, 7) is 5.25. The fraction of sp³-hybridized carbons (Fsp3) is 0.435. The molecule has 0 amide bonds. The molecule has 4 rings (SSSR count). The Morgan fingerprint density at radius 1 is 1.18 bits per heavy atom. The molecule has 0 atom stereocenters. The molecule has 2 heterocycles. The van der Waals surface area contributed by atoms with Gasteiger partial charge in [0.25, 0.3) is 0 Å². The van der Waals surface area contributed by atoms with Crippen LogP contribution in [0.5, 0.6) is 5.75 Å². The van der Waals surface area contributed by atoms with Gasteiger partial charge in [0.1, 0.15) is 17.4 Å². The van der Waals surface area contributed by atoms with Gasteiger partial charge in [-0.3, -0.25) is 0 Å². The lowest BCUT2D eigenvalue weighted by atomic mass is 9.93. The van der Waals surface area contributed by atoms with Crippen molar-refractivity contribution in [3.63, 3.8) is 0 Å². The van der Waals surface area contributed by atoms with E-state index in [-0.39, 0.29) is 5.82 Å². The minimum Gasteiger partial charge on any atom is -0.494 e. The van der Waals surface area contributed by atoms with Crippen molar-refractivity contribution in [2.45, 2.75) is 32.6 Å². The van der Waals surface area contributed by atoms with Crippen molar-refractivity contribution in [1.29, 1.82) is 0 Å². The molecule has 1 N–H and O–H groups in total. The molecule has 0 saturated carbocycles. The summed E-state index contributed by atoms with van der Waals surface area (Å²) in [6.07, 6.45) is 4.97. The number of aryl methyl sites for hydroxylation is 1. The maximum absolute atomic E-state index is 13.4. The van der Waals surface area contributed by atoms with Crippen molar-refractivity contribution in [1.82, 2.24) is 14.9 Å². The van der Waals surface area contributed by atoms with Gasteiger partial charge in [0.15, 0.2) is 0 Å². The van der Waals surface area contributed by atoms with Gasteiger partial charge in [-0.2, -0.15) is 0 Å². The van der Waals surface area contributed by atoms with Gasteiger partial charge in [-0.25, -0.2) is 9.37 Å². The van der Waals surface area contributed by atoms with Gasteiger partial charge in [-0.1, -0.05) is 0 Å². The number of ether oxygens (including phenoxy) is 1. The Hall–Kier alpha value is -2.40. The number of aromatic nitrogens is 2. The maximum atomic E-state index is 13.4. The maximum Gasteiger partial charge on any atom is 0.138 e. The van der Waals surface area contributed by atoms with E-state index in [0.29, 0.717) is 5.52 Å². The van der Waals surface area contributed by atoms with E-state index < -0.39 is 0 Å². The number of nitrogens with one attached hydrogen (secondary N) is 1. The zero-order valence-electron chi connectivity index (χ0n) is 16.7. The van der Waals surface area contributed by atoms with E-state index in [9.17, 15) is 4.39 Å². The lowest BCUT2D eigenvalue weighted by molar-refractivity contribution is 0.200. The van der Waals surface area contributed by atoms with Crippen LogP contribution in [0.4, 0.5) is 4.39 Å². The monoisotopic (exact) mass is 381 g/mol. The first-order valence-electron chi connectivity index (χ1n) is 10.2. The molecule has 1 aromatic heterocycles. The Balaban J connectivity index is 1.34. The number of benzene rings is 2. The highest BCUT2D eigenvalue weighted by atomic mass is 19.1. The standard InChI is InChI=1S/C23H28FN3O/c1-16-14-19(28-13-3-4-17-9-11-27(2)12-10-17)6-7-20(16)23-25-21-8-5-18(24)15-22(21)26-23/h5-8,14-15,17H,3-4,9-13H2,1-2H3,(H,25,26). The molecule has 2 aromatic carbocycles. The van der Waals surface area contributed by atoms with E-state index in [1.54, 1.807) is 6.07 Å². The number of piperidine rings is 1. The predicted octanol–water partition coefficient (Wildman–Crippen LogP) is 5.18. The summed E-state index contributed by atoms with van der Waals surface area (Å²) >= 11 is 0. The molecule has 5 heteroatoms. The number of fused-ring (bicyclic) bond motifs is 1. The second-order valence-electron chi connectivity index (χ2n) is 7.96. The number of likely N-dealkylation sites (tertiary alicyclic amines) is 1. The summed E-state index contributed by atoms with van der Waals surface area (Å²) < 4.78 is 19.4. The second kappa shape index (κ2) is 8.31. The first-order valence-corrected chi connectivity index (χ1v) is 10.2. The van der Waals surface area contributed by atoms with Gasteiger partial charge >= 0.3 is 0 Å². The van der Waals surface area contributed by atoms with Gasteiger partial charge < -0.3 is 14.6 Å². The Morgan fingerprint density at radius 2 is 2.00 bits per heavy atom. The number of hydrogen-bond acceptors (Lipinski definition) is 3. The largest absolute Gasteiger partial charge is 0.494 e. The van der Waals surface area contributed by atoms with Gasteiger partial charge in [0.2, 0.25) is 0 Å². The molecule has 0 radical (unpaired) electrons. The zero-order valence-corrected chi connectivity index (χ0v) is 16.7. The Kier molecular flexibility index (Phi) is 5.62. The van der Waals surface area contributed by atoms with Crippen LogP contribution < -0.4 is 4.74 Å². The van der Waals surface area contributed by atoms with Crippen LogP contribution >= 0.6 is 0 Å². The molecule has 0 spiro atoms. The number of rotatable bonds is 6. The molecule has 0 unspecified atom stereocenters. The van der Waals surface area contributed by atoms with Crippen molar-refractivity contribution in [2.75, 3.05) is 26.7 Å². The van der Waals surface area contributed by atoms with E-state index in [1.165, 1.54) is 44.5 Å². The highest BCUT2D eigenvalue weighted by molar-refractivity contribution is 5.80. The zero-order chi connectivity index (χ0) is 19.5. The van der Waals surface area contributed by atoms with Crippen LogP contribution in [0.2, 0.25) is 0 Å².